The summed E-state index contributed by atoms with van der Waals surface area (Å²) in [7, 11) is -2.89. The van der Waals surface area contributed by atoms with Gasteiger partial charge in [-0.15, -0.1) is 0 Å². The fraction of sp³-hybridized carbons (Fsp3) is 1.00. The summed E-state index contributed by atoms with van der Waals surface area (Å²) in [6, 6.07) is -0.0217. The topological polar surface area (TPSA) is 63.4 Å². The molecule has 0 spiro atoms. The molecule has 1 aliphatic heterocycles. The molecule has 0 bridgehead atoms. The molecule has 1 heterocycles. The molecule has 0 aromatic carbocycles. The van der Waals surface area contributed by atoms with Gasteiger partial charge in [-0.3, -0.25) is 0 Å². The molecule has 90 valence electrons. The fourth-order valence-electron chi connectivity index (χ4n) is 1.74. The lowest BCUT2D eigenvalue weighted by Crippen LogP contribution is -2.29. The van der Waals surface area contributed by atoms with Crippen LogP contribution in [0.3, 0.4) is 0 Å². The molecule has 1 saturated heterocycles. The normalized spacial score (nSPS) is 20.7. The van der Waals surface area contributed by atoms with Crippen molar-refractivity contribution in [2.75, 3.05) is 31.1 Å². The van der Waals surface area contributed by atoms with E-state index in [1.165, 1.54) is 12.8 Å². The van der Waals surface area contributed by atoms with Crippen molar-refractivity contribution in [3.63, 3.8) is 0 Å². The zero-order chi connectivity index (χ0) is 11.3. The first-order chi connectivity index (χ1) is 6.99. The Labute approximate surface area is 92.7 Å². The number of nitrogens with two attached hydrogens (primary N) is 1. The highest BCUT2D eigenvalue weighted by Crippen LogP contribution is 2.07. The molecule has 5 heteroatoms. The van der Waals surface area contributed by atoms with Crippen LogP contribution in [0.2, 0.25) is 0 Å². The third kappa shape index (κ3) is 5.49. The van der Waals surface area contributed by atoms with E-state index < -0.39 is 9.84 Å². The Hall–Kier alpha value is -0.130. The minimum absolute atomic E-state index is 0.0217. The van der Waals surface area contributed by atoms with E-state index in [4.69, 9.17) is 5.73 Å². The zero-order valence-electron chi connectivity index (χ0n) is 9.48. The van der Waals surface area contributed by atoms with Crippen molar-refractivity contribution >= 4 is 9.84 Å². The Morgan fingerprint density at radius 2 is 1.87 bits per heavy atom. The van der Waals surface area contributed by atoms with Crippen LogP contribution in [0.5, 0.6) is 0 Å². The molecule has 0 aromatic rings. The molecular weight excluding hydrogens is 212 g/mol. The summed E-state index contributed by atoms with van der Waals surface area (Å²) in [6.07, 6.45) is 2.99. The number of hydrogen-bond donors (Lipinski definition) is 1. The van der Waals surface area contributed by atoms with E-state index in [-0.39, 0.29) is 11.8 Å². The second kappa shape index (κ2) is 5.82. The molecule has 0 amide bonds. The summed E-state index contributed by atoms with van der Waals surface area (Å²) in [6.45, 7) is 4.66. The molecule has 0 aliphatic carbocycles. The fourth-order valence-corrected chi connectivity index (χ4v) is 3.21. The molecule has 4 nitrogen and oxygen atoms in total. The van der Waals surface area contributed by atoms with Crippen LogP contribution in [0.25, 0.3) is 0 Å². The Morgan fingerprint density at radius 3 is 2.40 bits per heavy atom. The van der Waals surface area contributed by atoms with Crippen molar-refractivity contribution in [3.05, 3.63) is 0 Å². The highest BCUT2D eigenvalue weighted by Gasteiger charge is 2.16. The molecule has 1 unspecified atom stereocenters. The molecule has 15 heavy (non-hydrogen) atoms. The van der Waals surface area contributed by atoms with E-state index in [1.807, 2.05) is 6.92 Å². The van der Waals surface area contributed by atoms with Gasteiger partial charge in [-0.25, -0.2) is 8.42 Å². The lowest BCUT2D eigenvalue weighted by atomic mass is 10.3. The molecule has 1 rings (SSSR count). The summed E-state index contributed by atoms with van der Waals surface area (Å²) in [5.74, 6) is 0.526. The van der Waals surface area contributed by atoms with Gasteiger partial charge in [0.15, 0.2) is 9.84 Å². The van der Waals surface area contributed by atoms with Crippen molar-refractivity contribution < 1.29 is 8.42 Å². The Bertz CT molecular complexity index is 269. The molecule has 1 aliphatic rings. The van der Waals surface area contributed by atoms with E-state index in [1.54, 1.807) is 0 Å². The standard InChI is InChI=1S/C10H22N2O2S/c1-10(11)4-8-15(13,14)9-7-12-5-2-3-6-12/h10H,2-9,11H2,1H3. The molecule has 1 atom stereocenters. The van der Waals surface area contributed by atoms with E-state index >= 15 is 0 Å². The summed E-state index contributed by atoms with van der Waals surface area (Å²) in [4.78, 5) is 2.23. The lowest BCUT2D eigenvalue weighted by molar-refractivity contribution is 0.359. The predicted octanol–water partition coefficient (Wildman–Crippen LogP) is 0.234. The van der Waals surface area contributed by atoms with Gasteiger partial charge in [-0.2, -0.15) is 0 Å². The van der Waals surface area contributed by atoms with E-state index in [9.17, 15) is 8.42 Å². The average Bonchev–Trinajstić information content (AvgIpc) is 2.65. The van der Waals surface area contributed by atoms with Gasteiger partial charge in [0.1, 0.15) is 0 Å². The first-order valence-corrected chi connectivity index (χ1v) is 7.50. The summed E-state index contributed by atoms with van der Waals surface area (Å²) < 4.78 is 23.2. The first kappa shape index (κ1) is 12.9. The quantitative estimate of drug-likeness (QED) is 0.715. The number of rotatable bonds is 6. The van der Waals surface area contributed by atoms with Gasteiger partial charge in [-0.05, 0) is 39.3 Å². The molecule has 0 radical (unpaired) electrons. The predicted molar refractivity (Wildman–Crippen MR) is 62.6 cm³/mol. The van der Waals surface area contributed by atoms with Crippen LogP contribution < -0.4 is 5.73 Å². The minimum Gasteiger partial charge on any atom is -0.328 e. The van der Waals surface area contributed by atoms with Gasteiger partial charge >= 0.3 is 0 Å². The summed E-state index contributed by atoms with van der Waals surface area (Å²) in [5, 5.41) is 0. The molecule has 0 aromatic heterocycles. The highest BCUT2D eigenvalue weighted by atomic mass is 32.2. The molecule has 0 saturated carbocycles. The van der Waals surface area contributed by atoms with Gasteiger partial charge < -0.3 is 10.6 Å². The van der Waals surface area contributed by atoms with Crippen molar-refractivity contribution in [1.29, 1.82) is 0 Å². The van der Waals surface area contributed by atoms with Gasteiger partial charge in [0.25, 0.3) is 0 Å². The maximum Gasteiger partial charge on any atom is 0.151 e. The minimum atomic E-state index is -2.89. The van der Waals surface area contributed by atoms with Crippen LogP contribution in [0.1, 0.15) is 26.2 Å². The van der Waals surface area contributed by atoms with Crippen LogP contribution in [-0.2, 0) is 9.84 Å². The second-order valence-corrected chi connectivity index (χ2v) is 6.77. The van der Waals surface area contributed by atoms with E-state index in [0.29, 0.717) is 18.7 Å². The SMILES string of the molecule is CC(N)CCS(=O)(=O)CCN1CCCC1. The summed E-state index contributed by atoms with van der Waals surface area (Å²) >= 11 is 0. The third-order valence-electron chi connectivity index (χ3n) is 2.80. The number of sulfone groups is 1. The van der Waals surface area contributed by atoms with Gasteiger partial charge in [0, 0.05) is 12.6 Å². The van der Waals surface area contributed by atoms with Crippen molar-refractivity contribution in [2.24, 2.45) is 5.73 Å². The monoisotopic (exact) mass is 234 g/mol. The van der Waals surface area contributed by atoms with Gasteiger partial charge in [0.2, 0.25) is 0 Å². The van der Waals surface area contributed by atoms with Crippen molar-refractivity contribution in [3.8, 4) is 0 Å². The Morgan fingerprint density at radius 1 is 1.27 bits per heavy atom. The van der Waals surface area contributed by atoms with E-state index in [2.05, 4.69) is 4.90 Å². The number of likely N-dealkylation sites (tertiary alicyclic amines) is 1. The van der Waals surface area contributed by atoms with Crippen LogP contribution in [-0.4, -0.2) is 50.5 Å². The van der Waals surface area contributed by atoms with Crippen molar-refractivity contribution in [1.82, 2.24) is 4.90 Å². The maximum atomic E-state index is 11.6. The van der Waals surface area contributed by atoms with Crippen LogP contribution >= 0.6 is 0 Å². The van der Waals surface area contributed by atoms with Gasteiger partial charge in [0.05, 0.1) is 11.5 Å². The smallest absolute Gasteiger partial charge is 0.151 e. The zero-order valence-corrected chi connectivity index (χ0v) is 10.3. The van der Waals surface area contributed by atoms with E-state index in [0.717, 1.165) is 13.1 Å². The Balaban J connectivity index is 2.23. The van der Waals surface area contributed by atoms with Crippen LogP contribution in [0.4, 0.5) is 0 Å². The Kier molecular flexibility index (Phi) is 5.02. The maximum absolute atomic E-state index is 11.6. The molecule has 2 N–H and O–H groups in total. The van der Waals surface area contributed by atoms with Crippen LogP contribution in [0, 0.1) is 0 Å². The average molecular weight is 234 g/mol. The lowest BCUT2D eigenvalue weighted by Gasteiger charge is -2.14. The van der Waals surface area contributed by atoms with Crippen molar-refractivity contribution in [2.45, 2.75) is 32.2 Å². The highest BCUT2D eigenvalue weighted by molar-refractivity contribution is 7.91. The third-order valence-corrected chi connectivity index (χ3v) is 4.46. The second-order valence-electron chi connectivity index (χ2n) is 4.47. The largest absolute Gasteiger partial charge is 0.328 e. The molecular formula is C10H22N2O2S. The summed E-state index contributed by atoms with van der Waals surface area (Å²) in [5.41, 5.74) is 5.54. The van der Waals surface area contributed by atoms with Crippen LogP contribution in [0.15, 0.2) is 0 Å². The number of nitrogens with zero attached hydrogens (tertiary/aromatic N) is 1. The van der Waals surface area contributed by atoms with Gasteiger partial charge in [-0.1, -0.05) is 0 Å². The first-order valence-electron chi connectivity index (χ1n) is 5.68. The number of hydrogen-bond acceptors (Lipinski definition) is 4. The molecule has 1 fully saturated rings.